The summed E-state index contributed by atoms with van der Waals surface area (Å²) in [5.74, 6) is 0.906. The van der Waals surface area contributed by atoms with Crippen LogP contribution in [0.25, 0.3) is 0 Å². The van der Waals surface area contributed by atoms with Crippen molar-refractivity contribution in [1.29, 1.82) is 0 Å². The van der Waals surface area contributed by atoms with E-state index < -0.39 is 15.8 Å². The van der Waals surface area contributed by atoms with E-state index in [0.717, 1.165) is 23.6 Å². The van der Waals surface area contributed by atoms with Crippen LogP contribution in [0.2, 0.25) is 0 Å². The number of hydrogen-bond acceptors (Lipinski definition) is 4. The molecule has 0 unspecified atom stereocenters. The van der Waals surface area contributed by atoms with Crippen molar-refractivity contribution in [3.05, 3.63) is 24.0 Å². The topological polar surface area (TPSA) is 63.4 Å². The highest BCUT2D eigenvalue weighted by atomic mass is 32.2. The summed E-state index contributed by atoms with van der Waals surface area (Å²) < 4.78 is 38.9. The van der Waals surface area contributed by atoms with Gasteiger partial charge in [-0.1, -0.05) is 0 Å². The van der Waals surface area contributed by atoms with Crippen molar-refractivity contribution in [2.45, 2.75) is 4.90 Å². The van der Waals surface area contributed by atoms with Gasteiger partial charge >= 0.3 is 0 Å². The van der Waals surface area contributed by atoms with E-state index in [1.807, 2.05) is 0 Å². The fourth-order valence-corrected chi connectivity index (χ4v) is 4.31. The molecule has 4 nitrogen and oxygen atoms in total. The number of benzene rings is 1. The molecule has 1 aromatic rings. The van der Waals surface area contributed by atoms with Crippen molar-refractivity contribution >= 4 is 27.5 Å². The third-order valence-corrected chi connectivity index (χ3v) is 5.32. The Kier molecular flexibility index (Phi) is 3.60. The second-order valence-corrected chi connectivity index (χ2v) is 6.90. The van der Waals surface area contributed by atoms with Crippen LogP contribution in [0.15, 0.2) is 23.1 Å². The van der Waals surface area contributed by atoms with Crippen LogP contribution in [-0.4, -0.2) is 37.3 Å². The Hall–Kier alpha value is -0.790. The Morgan fingerprint density at radius 1 is 1.24 bits per heavy atom. The maximum atomic E-state index is 13.2. The number of sulfonamides is 1. The lowest BCUT2D eigenvalue weighted by atomic mass is 10.3. The normalized spacial score (nSPS) is 18.2. The van der Waals surface area contributed by atoms with Crippen LogP contribution in [0.3, 0.4) is 0 Å². The molecule has 1 aromatic carbocycles. The van der Waals surface area contributed by atoms with Gasteiger partial charge in [-0.25, -0.2) is 12.8 Å². The maximum Gasteiger partial charge on any atom is 0.243 e. The summed E-state index contributed by atoms with van der Waals surface area (Å²) >= 11 is 1.71. The number of nitrogens with zero attached hydrogens (tertiary/aromatic N) is 1. The van der Waals surface area contributed by atoms with Crippen LogP contribution in [0, 0.1) is 5.82 Å². The third-order valence-electron chi connectivity index (χ3n) is 2.50. The Bertz CT molecular complexity index is 493. The molecule has 0 amide bonds. The summed E-state index contributed by atoms with van der Waals surface area (Å²) in [5.41, 5.74) is 5.58. The van der Waals surface area contributed by atoms with Crippen LogP contribution in [0.4, 0.5) is 10.1 Å². The smallest absolute Gasteiger partial charge is 0.243 e. The monoisotopic (exact) mass is 276 g/mol. The van der Waals surface area contributed by atoms with Gasteiger partial charge in [-0.2, -0.15) is 16.1 Å². The van der Waals surface area contributed by atoms with Gasteiger partial charge in [-0.05, 0) is 18.2 Å². The minimum absolute atomic E-state index is 0.0677. The van der Waals surface area contributed by atoms with Gasteiger partial charge in [-0.3, -0.25) is 0 Å². The van der Waals surface area contributed by atoms with E-state index in [2.05, 4.69) is 0 Å². The lowest BCUT2D eigenvalue weighted by Gasteiger charge is -2.25. The Labute approximate surface area is 104 Å². The summed E-state index contributed by atoms with van der Waals surface area (Å²) in [6, 6.07) is 3.40. The Morgan fingerprint density at radius 2 is 1.88 bits per heavy atom. The molecule has 1 heterocycles. The third kappa shape index (κ3) is 2.72. The first-order valence-electron chi connectivity index (χ1n) is 5.14. The van der Waals surface area contributed by atoms with Gasteiger partial charge in [-0.15, -0.1) is 0 Å². The quantitative estimate of drug-likeness (QED) is 0.823. The summed E-state index contributed by atoms with van der Waals surface area (Å²) in [4.78, 5) is -0.0677. The molecule has 0 radical (unpaired) electrons. The number of nitrogen functional groups attached to an aromatic ring is 1. The zero-order valence-corrected chi connectivity index (χ0v) is 10.7. The molecule has 1 aliphatic heterocycles. The number of halogens is 1. The van der Waals surface area contributed by atoms with Gasteiger partial charge in [0.25, 0.3) is 0 Å². The molecule has 0 aromatic heterocycles. The van der Waals surface area contributed by atoms with Crippen molar-refractivity contribution in [3.63, 3.8) is 0 Å². The van der Waals surface area contributed by atoms with E-state index in [1.54, 1.807) is 11.8 Å². The van der Waals surface area contributed by atoms with E-state index in [1.165, 1.54) is 10.4 Å². The molecule has 0 bridgehead atoms. The first-order chi connectivity index (χ1) is 8.00. The fourth-order valence-electron chi connectivity index (χ4n) is 1.67. The lowest BCUT2D eigenvalue weighted by Crippen LogP contribution is -2.37. The zero-order chi connectivity index (χ0) is 12.5. The molecular weight excluding hydrogens is 263 g/mol. The first kappa shape index (κ1) is 12.7. The predicted molar refractivity (Wildman–Crippen MR) is 66.9 cm³/mol. The van der Waals surface area contributed by atoms with E-state index >= 15 is 0 Å². The fraction of sp³-hybridized carbons (Fsp3) is 0.400. The number of anilines is 1. The minimum atomic E-state index is -3.61. The van der Waals surface area contributed by atoms with Crippen LogP contribution in [0.1, 0.15) is 0 Å². The SMILES string of the molecule is Nc1cc(F)cc(S(=O)(=O)N2CCSCC2)c1. The van der Waals surface area contributed by atoms with Crippen molar-refractivity contribution in [2.24, 2.45) is 0 Å². The van der Waals surface area contributed by atoms with Crippen LogP contribution in [-0.2, 0) is 10.0 Å². The molecule has 1 saturated heterocycles. The number of thioether (sulfide) groups is 1. The predicted octanol–water partition coefficient (Wildman–Crippen LogP) is 1.15. The molecule has 7 heteroatoms. The highest BCUT2D eigenvalue weighted by Crippen LogP contribution is 2.22. The molecule has 2 rings (SSSR count). The second kappa shape index (κ2) is 4.83. The van der Waals surface area contributed by atoms with Crippen molar-refractivity contribution in [3.8, 4) is 0 Å². The molecule has 17 heavy (non-hydrogen) atoms. The molecule has 0 saturated carbocycles. The molecule has 0 spiro atoms. The van der Waals surface area contributed by atoms with Gasteiger partial charge < -0.3 is 5.73 Å². The Morgan fingerprint density at radius 3 is 2.47 bits per heavy atom. The molecule has 2 N–H and O–H groups in total. The Balaban J connectivity index is 2.36. The van der Waals surface area contributed by atoms with Gasteiger partial charge in [0.1, 0.15) is 5.82 Å². The van der Waals surface area contributed by atoms with Gasteiger partial charge in [0.2, 0.25) is 10.0 Å². The van der Waals surface area contributed by atoms with E-state index in [9.17, 15) is 12.8 Å². The van der Waals surface area contributed by atoms with Gasteiger partial charge in [0, 0.05) is 30.3 Å². The average molecular weight is 276 g/mol. The van der Waals surface area contributed by atoms with Crippen molar-refractivity contribution < 1.29 is 12.8 Å². The summed E-state index contributed by atoms with van der Waals surface area (Å²) in [6.07, 6.45) is 0. The highest BCUT2D eigenvalue weighted by molar-refractivity contribution is 7.99. The molecular formula is C10H13FN2O2S2. The van der Waals surface area contributed by atoms with Gasteiger partial charge in [0.05, 0.1) is 4.90 Å². The zero-order valence-electron chi connectivity index (χ0n) is 9.10. The summed E-state index contributed by atoms with van der Waals surface area (Å²) in [6.45, 7) is 0.923. The van der Waals surface area contributed by atoms with E-state index in [-0.39, 0.29) is 10.6 Å². The number of nitrogens with two attached hydrogens (primary N) is 1. The molecule has 1 fully saturated rings. The molecule has 0 aliphatic carbocycles. The first-order valence-corrected chi connectivity index (χ1v) is 7.73. The number of rotatable bonds is 2. The summed E-state index contributed by atoms with van der Waals surface area (Å²) in [7, 11) is -3.61. The van der Waals surface area contributed by atoms with Crippen LogP contribution in [0.5, 0.6) is 0 Å². The van der Waals surface area contributed by atoms with E-state index in [4.69, 9.17) is 5.73 Å². The standard InChI is InChI=1S/C10H13FN2O2S2/c11-8-5-9(12)7-10(6-8)17(14,15)13-1-3-16-4-2-13/h5-7H,1-4,12H2. The summed E-state index contributed by atoms with van der Waals surface area (Å²) in [5, 5.41) is 0. The van der Waals surface area contributed by atoms with Crippen molar-refractivity contribution in [1.82, 2.24) is 4.31 Å². The van der Waals surface area contributed by atoms with E-state index in [0.29, 0.717) is 13.1 Å². The molecule has 94 valence electrons. The van der Waals surface area contributed by atoms with Crippen molar-refractivity contribution in [2.75, 3.05) is 30.3 Å². The largest absolute Gasteiger partial charge is 0.399 e. The lowest BCUT2D eigenvalue weighted by molar-refractivity contribution is 0.443. The minimum Gasteiger partial charge on any atom is -0.399 e. The molecule has 0 atom stereocenters. The van der Waals surface area contributed by atoms with Crippen LogP contribution >= 0.6 is 11.8 Å². The van der Waals surface area contributed by atoms with Gasteiger partial charge in [0.15, 0.2) is 0 Å². The maximum absolute atomic E-state index is 13.2. The number of hydrogen-bond donors (Lipinski definition) is 1. The van der Waals surface area contributed by atoms with Crippen LogP contribution < -0.4 is 5.73 Å². The highest BCUT2D eigenvalue weighted by Gasteiger charge is 2.26. The second-order valence-electron chi connectivity index (χ2n) is 3.74. The average Bonchev–Trinajstić information content (AvgIpc) is 2.29. The molecule has 1 aliphatic rings.